The summed E-state index contributed by atoms with van der Waals surface area (Å²) in [6.07, 6.45) is 0.647. The number of aliphatic hydroxyl groups is 1. The Hall–Kier alpha value is -1.66. The first-order chi connectivity index (χ1) is 10.0. The molecule has 0 radical (unpaired) electrons. The zero-order chi connectivity index (χ0) is 15.4. The van der Waals surface area contributed by atoms with Gasteiger partial charge in [-0.2, -0.15) is 0 Å². The number of nitro benzene ring substituents is 1. The van der Waals surface area contributed by atoms with Gasteiger partial charge in [0.2, 0.25) is 0 Å². The highest BCUT2D eigenvalue weighted by Gasteiger charge is 2.24. The van der Waals surface area contributed by atoms with Crippen molar-refractivity contribution in [2.45, 2.75) is 32.9 Å². The predicted molar refractivity (Wildman–Crippen MR) is 82.3 cm³/mol. The number of nitrogens with one attached hydrogen (secondary N) is 1. The molecular weight excluding hydrogens is 270 g/mol. The minimum absolute atomic E-state index is 0.111. The molecule has 1 fully saturated rings. The van der Waals surface area contributed by atoms with E-state index in [2.05, 4.69) is 17.1 Å². The third-order valence-corrected chi connectivity index (χ3v) is 4.04. The first-order valence-electron chi connectivity index (χ1n) is 7.43. The number of benzene rings is 1. The minimum atomic E-state index is -0.353. The molecule has 0 saturated carbocycles. The minimum Gasteiger partial charge on any atom is -0.392 e. The molecular formula is C15H23N3O3. The molecule has 0 amide bonds. The molecule has 1 aliphatic heterocycles. The van der Waals surface area contributed by atoms with Gasteiger partial charge < -0.3 is 10.4 Å². The summed E-state index contributed by atoms with van der Waals surface area (Å²) in [7, 11) is 0. The van der Waals surface area contributed by atoms with Crippen molar-refractivity contribution >= 4 is 11.4 Å². The van der Waals surface area contributed by atoms with E-state index in [1.165, 1.54) is 0 Å². The molecule has 6 nitrogen and oxygen atoms in total. The highest BCUT2D eigenvalue weighted by Crippen LogP contribution is 2.27. The van der Waals surface area contributed by atoms with Crippen molar-refractivity contribution in [3.8, 4) is 0 Å². The Balaban J connectivity index is 2.10. The SMILES string of the molecule is CCNc1ccc(CN2CCC(C)C(O)C2)cc1[N+](=O)[O-]. The van der Waals surface area contributed by atoms with Crippen LogP contribution >= 0.6 is 0 Å². The van der Waals surface area contributed by atoms with Gasteiger partial charge in [0.15, 0.2) is 0 Å². The Morgan fingerprint density at radius 1 is 1.52 bits per heavy atom. The molecule has 2 unspecified atom stereocenters. The van der Waals surface area contributed by atoms with Gasteiger partial charge in [-0.15, -0.1) is 0 Å². The summed E-state index contributed by atoms with van der Waals surface area (Å²) >= 11 is 0. The number of likely N-dealkylation sites (tertiary alicyclic amines) is 1. The highest BCUT2D eigenvalue weighted by atomic mass is 16.6. The standard InChI is InChI=1S/C15H23N3O3/c1-3-16-13-5-4-12(8-14(13)18(20)21)9-17-7-6-11(2)15(19)10-17/h4-5,8,11,15-16,19H,3,6-7,9-10H2,1-2H3. The summed E-state index contributed by atoms with van der Waals surface area (Å²) in [5, 5.41) is 24.1. The van der Waals surface area contributed by atoms with Crippen LogP contribution in [0.5, 0.6) is 0 Å². The highest BCUT2D eigenvalue weighted by molar-refractivity contribution is 5.62. The van der Waals surface area contributed by atoms with Crippen molar-refractivity contribution < 1.29 is 10.0 Å². The summed E-state index contributed by atoms with van der Waals surface area (Å²) in [6, 6.07) is 5.30. The Bertz CT molecular complexity index is 507. The van der Waals surface area contributed by atoms with Gasteiger partial charge in [0.1, 0.15) is 5.69 Å². The van der Waals surface area contributed by atoms with Gasteiger partial charge in [0, 0.05) is 25.7 Å². The van der Waals surface area contributed by atoms with Gasteiger partial charge in [0.25, 0.3) is 5.69 Å². The summed E-state index contributed by atoms with van der Waals surface area (Å²) < 4.78 is 0. The number of nitrogens with zero attached hydrogens (tertiary/aromatic N) is 2. The number of nitro groups is 1. The average Bonchev–Trinajstić information content (AvgIpc) is 2.44. The van der Waals surface area contributed by atoms with E-state index in [0.717, 1.165) is 18.5 Å². The smallest absolute Gasteiger partial charge is 0.292 e. The van der Waals surface area contributed by atoms with Crippen LogP contribution in [0.1, 0.15) is 25.8 Å². The number of hydrogen-bond acceptors (Lipinski definition) is 5. The number of aliphatic hydroxyl groups excluding tert-OH is 1. The third-order valence-electron chi connectivity index (χ3n) is 4.04. The Labute approximate surface area is 124 Å². The number of anilines is 1. The van der Waals surface area contributed by atoms with Crippen LogP contribution in [-0.4, -0.2) is 40.7 Å². The van der Waals surface area contributed by atoms with Gasteiger partial charge >= 0.3 is 0 Å². The normalized spacial score (nSPS) is 23.0. The van der Waals surface area contributed by atoms with Crippen LogP contribution in [0.25, 0.3) is 0 Å². The second kappa shape index (κ2) is 6.87. The largest absolute Gasteiger partial charge is 0.392 e. The van der Waals surface area contributed by atoms with E-state index in [1.807, 2.05) is 13.0 Å². The molecule has 0 bridgehead atoms. The van der Waals surface area contributed by atoms with Gasteiger partial charge in [-0.3, -0.25) is 15.0 Å². The fourth-order valence-electron chi connectivity index (χ4n) is 2.68. The van der Waals surface area contributed by atoms with E-state index in [1.54, 1.807) is 12.1 Å². The third kappa shape index (κ3) is 3.92. The Morgan fingerprint density at radius 3 is 2.90 bits per heavy atom. The maximum absolute atomic E-state index is 11.1. The first-order valence-corrected chi connectivity index (χ1v) is 7.43. The molecule has 1 aromatic rings. The second-order valence-electron chi connectivity index (χ2n) is 5.71. The van der Waals surface area contributed by atoms with Crippen molar-refractivity contribution in [2.75, 3.05) is 25.0 Å². The molecule has 1 aromatic carbocycles. The molecule has 1 heterocycles. The lowest BCUT2D eigenvalue weighted by molar-refractivity contribution is -0.384. The fraction of sp³-hybridized carbons (Fsp3) is 0.600. The van der Waals surface area contributed by atoms with Crippen LogP contribution < -0.4 is 5.32 Å². The van der Waals surface area contributed by atoms with Crippen LogP contribution in [0.3, 0.4) is 0 Å². The maximum Gasteiger partial charge on any atom is 0.292 e. The number of piperidine rings is 1. The van der Waals surface area contributed by atoms with Crippen LogP contribution in [0, 0.1) is 16.0 Å². The summed E-state index contributed by atoms with van der Waals surface area (Å²) in [5.41, 5.74) is 1.57. The molecule has 0 aliphatic carbocycles. The van der Waals surface area contributed by atoms with E-state index in [4.69, 9.17) is 0 Å². The Kier molecular flexibility index (Phi) is 5.14. The summed E-state index contributed by atoms with van der Waals surface area (Å²) in [4.78, 5) is 12.9. The molecule has 2 N–H and O–H groups in total. The van der Waals surface area contributed by atoms with Gasteiger partial charge in [-0.05, 0) is 37.4 Å². The fourth-order valence-corrected chi connectivity index (χ4v) is 2.68. The maximum atomic E-state index is 11.1. The molecule has 0 aromatic heterocycles. The van der Waals surface area contributed by atoms with Gasteiger partial charge in [-0.1, -0.05) is 13.0 Å². The van der Waals surface area contributed by atoms with Gasteiger partial charge in [-0.25, -0.2) is 0 Å². The average molecular weight is 293 g/mol. The molecule has 2 atom stereocenters. The molecule has 1 aliphatic rings. The van der Waals surface area contributed by atoms with E-state index in [0.29, 0.717) is 31.2 Å². The monoisotopic (exact) mass is 293 g/mol. The lowest BCUT2D eigenvalue weighted by Gasteiger charge is -2.34. The lowest BCUT2D eigenvalue weighted by Crippen LogP contribution is -2.42. The molecule has 2 rings (SSSR count). The summed E-state index contributed by atoms with van der Waals surface area (Å²) in [6.45, 7) is 6.80. The summed E-state index contributed by atoms with van der Waals surface area (Å²) in [5.74, 6) is 0.326. The predicted octanol–water partition coefficient (Wildman–Crippen LogP) is 2.23. The molecule has 21 heavy (non-hydrogen) atoms. The molecule has 1 saturated heterocycles. The number of β-amino-alcohol motifs (C(OH)–C–C–N with tert-alkyl or cyclic N) is 1. The number of hydrogen-bond donors (Lipinski definition) is 2. The van der Waals surface area contributed by atoms with Crippen molar-refractivity contribution in [2.24, 2.45) is 5.92 Å². The first kappa shape index (κ1) is 15.7. The van der Waals surface area contributed by atoms with E-state index in [-0.39, 0.29) is 16.7 Å². The number of rotatable bonds is 5. The van der Waals surface area contributed by atoms with Gasteiger partial charge in [0.05, 0.1) is 11.0 Å². The van der Waals surface area contributed by atoms with E-state index < -0.39 is 0 Å². The van der Waals surface area contributed by atoms with Crippen molar-refractivity contribution in [1.82, 2.24) is 4.90 Å². The lowest BCUT2D eigenvalue weighted by atomic mass is 9.96. The van der Waals surface area contributed by atoms with Crippen molar-refractivity contribution in [3.05, 3.63) is 33.9 Å². The quantitative estimate of drug-likeness (QED) is 0.643. The van der Waals surface area contributed by atoms with E-state index in [9.17, 15) is 15.2 Å². The van der Waals surface area contributed by atoms with Crippen LogP contribution in [0.4, 0.5) is 11.4 Å². The van der Waals surface area contributed by atoms with Crippen LogP contribution in [0.15, 0.2) is 18.2 Å². The topological polar surface area (TPSA) is 78.6 Å². The zero-order valence-electron chi connectivity index (χ0n) is 12.6. The van der Waals surface area contributed by atoms with Crippen molar-refractivity contribution in [1.29, 1.82) is 0 Å². The van der Waals surface area contributed by atoms with Crippen molar-refractivity contribution in [3.63, 3.8) is 0 Å². The Morgan fingerprint density at radius 2 is 2.29 bits per heavy atom. The van der Waals surface area contributed by atoms with E-state index >= 15 is 0 Å². The van der Waals surface area contributed by atoms with Crippen LogP contribution in [-0.2, 0) is 6.54 Å². The van der Waals surface area contributed by atoms with Crippen LogP contribution in [0.2, 0.25) is 0 Å². The zero-order valence-corrected chi connectivity index (χ0v) is 12.6. The molecule has 116 valence electrons. The molecule has 0 spiro atoms. The second-order valence-corrected chi connectivity index (χ2v) is 5.71. The molecule has 6 heteroatoms.